The molecule has 0 spiro atoms. The van der Waals surface area contributed by atoms with Gasteiger partial charge in [-0.1, -0.05) is 57.3 Å². The van der Waals surface area contributed by atoms with Gasteiger partial charge in [0, 0.05) is 20.2 Å². The smallest absolute Gasteiger partial charge is 0.266 e. The predicted octanol–water partition coefficient (Wildman–Crippen LogP) is 7.28. The van der Waals surface area contributed by atoms with Crippen molar-refractivity contribution in [3.05, 3.63) is 91.9 Å². The van der Waals surface area contributed by atoms with E-state index in [0.717, 1.165) is 10.0 Å². The van der Waals surface area contributed by atoms with Gasteiger partial charge in [0.2, 0.25) is 0 Å². The maximum Gasteiger partial charge on any atom is 0.266 e. The van der Waals surface area contributed by atoms with Gasteiger partial charge in [-0.25, -0.2) is 0 Å². The summed E-state index contributed by atoms with van der Waals surface area (Å²) in [5, 5.41) is 12.9. The van der Waals surface area contributed by atoms with E-state index in [1.165, 1.54) is 6.08 Å². The fourth-order valence-electron chi connectivity index (χ4n) is 2.88. The molecule has 0 heterocycles. The van der Waals surface area contributed by atoms with Crippen molar-refractivity contribution >= 4 is 56.8 Å². The van der Waals surface area contributed by atoms with E-state index in [1.54, 1.807) is 36.4 Å². The highest BCUT2D eigenvalue weighted by Crippen LogP contribution is 2.30. The zero-order valence-corrected chi connectivity index (χ0v) is 20.7. The van der Waals surface area contributed by atoms with Gasteiger partial charge < -0.3 is 14.8 Å². The van der Waals surface area contributed by atoms with Gasteiger partial charge >= 0.3 is 0 Å². The summed E-state index contributed by atoms with van der Waals surface area (Å²) in [4.78, 5) is 12.6. The number of hydrogen-bond donors (Lipinski definition) is 1. The highest BCUT2D eigenvalue weighted by Gasteiger charge is 2.12. The van der Waals surface area contributed by atoms with Crippen LogP contribution in [0.15, 0.2) is 70.7 Å². The SMILES string of the molecule is CCOc1cc(C=C(C#N)C(=O)Nc2cc(Cl)cc(Cl)c2)ccc1OCc1ccc(Br)cc1. The molecule has 0 aliphatic carbocycles. The van der Waals surface area contributed by atoms with Crippen LogP contribution in [-0.2, 0) is 11.4 Å². The van der Waals surface area contributed by atoms with Crippen LogP contribution < -0.4 is 14.8 Å². The van der Waals surface area contributed by atoms with Crippen molar-refractivity contribution in [2.75, 3.05) is 11.9 Å². The number of nitriles is 1. The number of amides is 1. The van der Waals surface area contributed by atoms with E-state index in [2.05, 4.69) is 21.2 Å². The third kappa shape index (κ3) is 7.26. The summed E-state index contributed by atoms with van der Waals surface area (Å²) in [7, 11) is 0. The minimum Gasteiger partial charge on any atom is -0.490 e. The van der Waals surface area contributed by atoms with Crippen molar-refractivity contribution in [1.29, 1.82) is 5.26 Å². The maximum atomic E-state index is 12.6. The molecule has 0 atom stereocenters. The Morgan fingerprint density at radius 2 is 1.73 bits per heavy atom. The molecule has 3 aromatic rings. The first-order valence-corrected chi connectivity index (χ1v) is 11.5. The number of anilines is 1. The third-order valence-electron chi connectivity index (χ3n) is 4.37. The van der Waals surface area contributed by atoms with Gasteiger partial charge in [-0.3, -0.25) is 4.79 Å². The minimum atomic E-state index is -0.579. The molecular formula is C25H19BrCl2N2O3. The highest BCUT2D eigenvalue weighted by molar-refractivity contribution is 9.10. The molecule has 0 radical (unpaired) electrons. The first-order valence-electron chi connectivity index (χ1n) is 9.91. The number of carbonyl (C=O) groups excluding carboxylic acids is 1. The van der Waals surface area contributed by atoms with Crippen molar-refractivity contribution in [2.24, 2.45) is 0 Å². The van der Waals surface area contributed by atoms with Gasteiger partial charge in [-0.05, 0) is 66.6 Å². The summed E-state index contributed by atoms with van der Waals surface area (Å²) < 4.78 is 12.6. The molecule has 0 aromatic heterocycles. The molecule has 5 nitrogen and oxygen atoms in total. The molecule has 0 aliphatic rings. The first-order chi connectivity index (χ1) is 15.9. The number of carbonyl (C=O) groups is 1. The second kappa shape index (κ2) is 11.8. The van der Waals surface area contributed by atoms with Crippen LogP contribution in [0, 0.1) is 11.3 Å². The summed E-state index contributed by atoms with van der Waals surface area (Å²) in [6, 6.07) is 19.6. The Kier molecular flexibility index (Phi) is 8.79. The zero-order chi connectivity index (χ0) is 23.8. The van der Waals surface area contributed by atoms with Gasteiger partial charge in [-0.15, -0.1) is 0 Å². The van der Waals surface area contributed by atoms with Crippen LogP contribution >= 0.6 is 39.1 Å². The number of ether oxygens (including phenoxy) is 2. The number of halogens is 3. The Morgan fingerprint density at radius 3 is 2.36 bits per heavy atom. The van der Waals surface area contributed by atoms with Crippen LogP contribution in [0.25, 0.3) is 6.08 Å². The van der Waals surface area contributed by atoms with Gasteiger partial charge in [0.1, 0.15) is 18.2 Å². The van der Waals surface area contributed by atoms with Crippen molar-refractivity contribution < 1.29 is 14.3 Å². The van der Waals surface area contributed by atoms with E-state index in [1.807, 2.05) is 37.3 Å². The molecule has 0 fully saturated rings. The Balaban J connectivity index is 1.78. The molecule has 3 aromatic carbocycles. The summed E-state index contributed by atoms with van der Waals surface area (Å²) >= 11 is 15.3. The number of rotatable bonds is 8. The molecule has 33 heavy (non-hydrogen) atoms. The summed E-state index contributed by atoms with van der Waals surface area (Å²) in [6.07, 6.45) is 1.47. The standard InChI is InChI=1S/C25H19BrCl2N2O3/c1-2-32-24-10-17(5-8-23(24)33-15-16-3-6-19(26)7-4-16)9-18(14-29)25(31)30-22-12-20(27)11-21(28)13-22/h3-13H,2,15H2,1H3,(H,30,31). The fraction of sp³-hybridized carbons (Fsp3) is 0.120. The average molecular weight is 546 g/mol. The lowest BCUT2D eigenvalue weighted by molar-refractivity contribution is -0.112. The van der Waals surface area contributed by atoms with Crippen molar-refractivity contribution in [3.8, 4) is 17.6 Å². The number of hydrogen-bond acceptors (Lipinski definition) is 4. The lowest BCUT2D eigenvalue weighted by Crippen LogP contribution is -2.13. The summed E-state index contributed by atoms with van der Waals surface area (Å²) in [5.74, 6) is 0.500. The number of nitrogens with zero attached hydrogens (tertiary/aromatic N) is 1. The minimum absolute atomic E-state index is 0.0860. The van der Waals surface area contributed by atoms with Gasteiger partial charge in [0.05, 0.1) is 6.61 Å². The Labute approximate surface area is 210 Å². The van der Waals surface area contributed by atoms with E-state index >= 15 is 0 Å². The zero-order valence-electron chi connectivity index (χ0n) is 17.6. The largest absolute Gasteiger partial charge is 0.490 e. The summed E-state index contributed by atoms with van der Waals surface area (Å²) in [5.41, 5.74) is 1.93. The molecule has 0 unspecified atom stereocenters. The van der Waals surface area contributed by atoms with E-state index in [0.29, 0.717) is 46.0 Å². The molecule has 3 rings (SSSR count). The lowest BCUT2D eigenvalue weighted by Gasteiger charge is -2.13. The normalized spacial score (nSPS) is 10.9. The second-order valence-corrected chi connectivity index (χ2v) is 8.62. The second-order valence-electron chi connectivity index (χ2n) is 6.84. The van der Waals surface area contributed by atoms with Crippen molar-refractivity contribution in [1.82, 2.24) is 0 Å². The molecule has 0 aliphatic heterocycles. The average Bonchev–Trinajstić information content (AvgIpc) is 2.77. The third-order valence-corrected chi connectivity index (χ3v) is 5.34. The van der Waals surface area contributed by atoms with E-state index < -0.39 is 5.91 Å². The maximum absolute atomic E-state index is 12.6. The first kappa shape index (κ1) is 24.7. The summed E-state index contributed by atoms with van der Waals surface area (Å²) in [6.45, 7) is 2.67. The molecule has 8 heteroatoms. The molecule has 1 amide bonds. The van der Waals surface area contributed by atoms with E-state index in [4.69, 9.17) is 32.7 Å². The molecule has 0 bridgehead atoms. The number of benzene rings is 3. The van der Waals surface area contributed by atoms with Gasteiger partial charge in [-0.2, -0.15) is 5.26 Å². The topological polar surface area (TPSA) is 71.3 Å². The van der Waals surface area contributed by atoms with Crippen LogP contribution in [0.1, 0.15) is 18.1 Å². The van der Waals surface area contributed by atoms with Crippen molar-refractivity contribution in [2.45, 2.75) is 13.5 Å². The highest BCUT2D eigenvalue weighted by atomic mass is 79.9. The lowest BCUT2D eigenvalue weighted by atomic mass is 10.1. The number of nitrogens with one attached hydrogen (secondary N) is 1. The van der Waals surface area contributed by atoms with Crippen LogP contribution in [0.4, 0.5) is 5.69 Å². The van der Waals surface area contributed by atoms with Crippen LogP contribution in [0.3, 0.4) is 0 Å². The predicted molar refractivity (Wildman–Crippen MR) is 135 cm³/mol. The fourth-order valence-corrected chi connectivity index (χ4v) is 3.67. The van der Waals surface area contributed by atoms with Gasteiger partial charge in [0.15, 0.2) is 11.5 Å². The molecule has 168 valence electrons. The van der Waals surface area contributed by atoms with Crippen LogP contribution in [0.2, 0.25) is 10.0 Å². The Bertz CT molecular complexity index is 1200. The Morgan fingerprint density at radius 1 is 1.03 bits per heavy atom. The quantitative estimate of drug-likeness (QED) is 0.238. The van der Waals surface area contributed by atoms with Crippen LogP contribution in [-0.4, -0.2) is 12.5 Å². The molecule has 0 saturated heterocycles. The monoisotopic (exact) mass is 544 g/mol. The Hall–Kier alpha value is -2.98. The van der Waals surface area contributed by atoms with E-state index in [-0.39, 0.29) is 5.57 Å². The van der Waals surface area contributed by atoms with Crippen molar-refractivity contribution in [3.63, 3.8) is 0 Å². The molecular weight excluding hydrogens is 527 g/mol. The molecule has 0 saturated carbocycles. The van der Waals surface area contributed by atoms with E-state index in [9.17, 15) is 10.1 Å². The van der Waals surface area contributed by atoms with Crippen LogP contribution in [0.5, 0.6) is 11.5 Å². The van der Waals surface area contributed by atoms with Gasteiger partial charge in [0.25, 0.3) is 5.91 Å². The molecule has 1 N–H and O–H groups in total.